The van der Waals surface area contributed by atoms with Crippen LogP contribution in [0.25, 0.3) is 0 Å². The van der Waals surface area contributed by atoms with Crippen LogP contribution in [0.15, 0.2) is 0 Å². The molecule has 0 heterocycles. The standard InChI is InChI=1S/C9H16Br2O/c10-7-5-3-1-2-4-6-9(12)8-11/h1-8H2. The Balaban J connectivity index is 2.95. The average Bonchev–Trinajstić information content (AvgIpc) is 2.10. The third-order valence-electron chi connectivity index (χ3n) is 1.74. The lowest BCUT2D eigenvalue weighted by molar-refractivity contribution is -0.116. The highest BCUT2D eigenvalue weighted by atomic mass is 79.9. The monoisotopic (exact) mass is 298 g/mol. The Morgan fingerprint density at radius 1 is 0.917 bits per heavy atom. The Morgan fingerprint density at radius 3 is 2.08 bits per heavy atom. The largest absolute Gasteiger partial charge is 0.299 e. The highest BCUT2D eigenvalue weighted by molar-refractivity contribution is 9.09. The molecule has 0 rings (SSSR count). The van der Waals surface area contributed by atoms with Crippen molar-refractivity contribution in [2.45, 2.75) is 38.5 Å². The van der Waals surface area contributed by atoms with Gasteiger partial charge in [0.05, 0.1) is 5.33 Å². The summed E-state index contributed by atoms with van der Waals surface area (Å²) in [5, 5.41) is 1.63. The molecular weight excluding hydrogens is 284 g/mol. The van der Waals surface area contributed by atoms with Crippen LogP contribution in [0.1, 0.15) is 38.5 Å². The van der Waals surface area contributed by atoms with Crippen molar-refractivity contribution in [2.75, 3.05) is 10.7 Å². The summed E-state index contributed by atoms with van der Waals surface area (Å²) in [6.45, 7) is 0. The molecule has 12 heavy (non-hydrogen) atoms. The van der Waals surface area contributed by atoms with Crippen LogP contribution in [0, 0.1) is 0 Å². The number of rotatable bonds is 8. The van der Waals surface area contributed by atoms with Gasteiger partial charge in [0, 0.05) is 11.8 Å². The van der Waals surface area contributed by atoms with Gasteiger partial charge in [0.15, 0.2) is 0 Å². The fraction of sp³-hybridized carbons (Fsp3) is 0.889. The van der Waals surface area contributed by atoms with Crippen molar-refractivity contribution in [1.29, 1.82) is 0 Å². The molecule has 0 spiro atoms. The molecule has 0 bridgehead atoms. The molecule has 0 amide bonds. The topological polar surface area (TPSA) is 17.1 Å². The van der Waals surface area contributed by atoms with Gasteiger partial charge in [-0.1, -0.05) is 51.1 Å². The Kier molecular flexibility index (Phi) is 10.2. The molecule has 0 aliphatic rings. The highest BCUT2D eigenvalue weighted by Crippen LogP contribution is 2.07. The molecule has 0 radical (unpaired) electrons. The second-order valence-electron chi connectivity index (χ2n) is 2.88. The minimum Gasteiger partial charge on any atom is -0.299 e. The van der Waals surface area contributed by atoms with Crippen molar-refractivity contribution in [3.05, 3.63) is 0 Å². The van der Waals surface area contributed by atoms with Gasteiger partial charge in [0.25, 0.3) is 0 Å². The summed E-state index contributed by atoms with van der Waals surface area (Å²) in [7, 11) is 0. The average molecular weight is 300 g/mol. The van der Waals surface area contributed by atoms with E-state index in [0.717, 1.165) is 18.2 Å². The van der Waals surface area contributed by atoms with E-state index in [-0.39, 0.29) is 0 Å². The SMILES string of the molecule is O=C(CBr)CCCCCCCBr. The number of ketones is 1. The number of alkyl halides is 2. The molecule has 0 fully saturated rings. The van der Waals surface area contributed by atoms with E-state index in [1.165, 1.54) is 25.7 Å². The van der Waals surface area contributed by atoms with Crippen molar-refractivity contribution >= 4 is 37.6 Å². The van der Waals surface area contributed by atoms with Gasteiger partial charge in [0.2, 0.25) is 0 Å². The van der Waals surface area contributed by atoms with Crippen molar-refractivity contribution in [3.8, 4) is 0 Å². The van der Waals surface area contributed by atoms with Gasteiger partial charge in [-0.3, -0.25) is 4.79 Å². The van der Waals surface area contributed by atoms with Gasteiger partial charge in [-0.25, -0.2) is 0 Å². The zero-order valence-electron chi connectivity index (χ0n) is 7.32. The van der Waals surface area contributed by atoms with Crippen LogP contribution in [0.5, 0.6) is 0 Å². The van der Waals surface area contributed by atoms with Gasteiger partial charge < -0.3 is 0 Å². The third kappa shape index (κ3) is 8.72. The van der Waals surface area contributed by atoms with E-state index in [1.807, 2.05) is 0 Å². The Bertz CT molecular complexity index is 115. The van der Waals surface area contributed by atoms with Crippen LogP contribution in [-0.4, -0.2) is 16.4 Å². The number of unbranched alkanes of at least 4 members (excludes halogenated alkanes) is 4. The molecule has 0 saturated heterocycles. The van der Waals surface area contributed by atoms with Gasteiger partial charge >= 0.3 is 0 Å². The van der Waals surface area contributed by atoms with Crippen molar-refractivity contribution in [2.24, 2.45) is 0 Å². The molecule has 0 aliphatic heterocycles. The number of halogens is 2. The predicted octanol–water partition coefficient (Wildman–Crippen LogP) is 3.69. The molecule has 3 heteroatoms. The molecule has 0 aromatic rings. The zero-order chi connectivity index (χ0) is 9.23. The Morgan fingerprint density at radius 2 is 1.50 bits per heavy atom. The minimum absolute atomic E-state index is 0.329. The van der Waals surface area contributed by atoms with Crippen LogP contribution in [0.3, 0.4) is 0 Å². The molecular formula is C9H16Br2O. The first-order chi connectivity index (χ1) is 5.81. The minimum atomic E-state index is 0.329. The van der Waals surface area contributed by atoms with Gasteiger partial charge in [-0.2, -0.15) is 0 Å². The number of hydrogen-bond donors (Lipinski definition) is 0. The summed E-state index contributed by atoms with van der Waals surface area (Å²) in [5.74, 6) is 0.329. The maximum Gasteiger partial charge on any atom is 0.143 e. The van der Waals surface area contributed by atoms with E-state index in [0.29, 0.717) is 11.1 Å². The lowest BCUT2D eigenvalue weighted by Gasteiger charge is -1.98. The molecule has 72 valence electrons. The summed E-state index contributed by atoms with van der Waals surface area (Å²) < 4.78 is 0. The molecule has 0 N–H and O–H groups in total. The number of carbonyl (C=O) groups is 1. The second kappa shape index (κ2) is 9.72. The maximum absolute atomic E-state index is 10.8. The quantitative estimate of drug-likeness (QED) is 0.493. The van der Waals surface area contributed by atoms with Crippen molar-refractivity contribution in [1.82, 2.24) is 0 Å². The molecule has 1 nitrogen and oxygen atoms in total. The van der Waals surface area contributed by atoms with E-state index in [2.05, 4.69) is 31.9 Å². The number of carbonyl (C=O) groups excluding carboxylic acids is 1. The van der Waals surface area contributed by atoms with E-state index in [9.17, 15) is 4.79 Å². The fourth-order valence-corrected chi connectivity index (χ4v) is 1.69. The first-order valence-electron chi connectivity index (χ1n) is 4.45. The van der Waals surface area contributed by atoms with E-state index < -0.39 is 0 Å². The molecule has 0 aliphatic carbocycles. The molecule has 0 aromatic carbocycles. The lowest BCUT2D eigenvalue weighted by Crippen LogP contribution is -1.97. The summed E-state index contributed by atoms with van der Waals surface area (Å²) in [6, 6.07) is 0. The van der Waals surface area contributed by atoms with E-state index in [1.54, 1.807) is 0 Å². The summed E-state index contributed by atoms with van der Waals surface area (Å²) >= 11 is 6.55. The highest BCUT2D eigenvalue weighted by Gasteiger charge is 1.97. The molecule has 0 saturated carbocycles. The maximum atomic E-state index is 10.8. The van der Waals surface area contributed by atoms with Crippen LogP contribution < -0.4 is 0 Å². The van der Waals surface area contributed by atoms with Gasteiger partial charge in [-0.15, -0.1) is 0 Å². The summed E-state index contributed by atoms with van der Waals surface area (Å²) in [5.41, 5.74) is 0. The van der Waals surface area contributed by atoms with Crippen molar-refractivity contribution in [3.63, 3.8) is 0 Å². The van der Waals surface area contributed by atoms with Crippen LogP contribution in [0.4, 0.5) is 0 Å². The Labute approximate surface area is 91.6 Å². The van der Waals surface area contributed by atoms with E-state index >= 15 is 0 Å². The normalized spacial score (nSPS) is 10.2. The summed E-state index contributed by atoms with van der Waals surface area (Å²) in [4.78, 5) is 10.8. The summed E-state index contributed by atoms with van der Waals surface area (Å²) in [6.07, 6.45) is 6.82. The van der Waals surface area contributed by atoms with E-state index in [4.69, 9.17) is 0 Å². The van der Waals surface area contributed by atoms with Crippen LogP contribution >= 0.6 is 31.9 Å². The van der Waals surface area contributed by atoms with Crippen LogP contribution in [-0.2, 0) is 4.79 Å². The zero-order valence-corrected chi connectivity index (χ0v) is 10.5. The fourth-order valence-electron chi connectivity index (χ4n) is 1.01. The van der Waals surface area contributed by atoms with Gasteiger partial charge in [-0.05, 0) is 12.8 Å². The molecule has 0 aromatic heterocycles. The Hall–Kier alpha value is 0.630. The second-order valence-corrected chi connectivity index (χ2v) is 4.23. The number of Topliss-reactive ketones (excluding diaryl/α,β-unsaturated/α-hetero) is 1. The third-order valence-corrected chi connectivity index (χ3v) is 2.92. The van der Waals surface area contributed by atoms with Crippen molar-refractivity contribution < 1.29 is 4.79 Å². The lowest BCUT2D eigenvalue weighted by atomic mass is 10.1. The predicted molar refractivity (Wildman–Crippen MR) is 60.3 cm³/mol. The smallest absolute Gasteiger partial charge is 0.143 e. The van der Waals surface area contributed by atoms with Crippen LogP contribution in [0.2, 0.25) is 0 Å². The molecule has 0 unspecified atom stereocenters. The first-order valence-corrected chi connectivity index (χ1v) is 6.69. The first kappa shape index (κ1) is 12.6. The van der Waals surface area contributed by atoms with Gasteiger partial charge in [0.1, 0.15) is 5.78 Å². The number of hydrogen-bond acceptors (Lipinski definition) is 1. The molecule has 0 atom stereocenters.